The van der Waals surface area contributed by atoms with Crippen LogP contribution in [0.2, 0.25) is 0 Å². The lowest BCUT2D eigenvalue weighted by Gasteiger charge is -2.29. The summed E-state index contributed by atoms with van der Waals surface area (Å²) in [6.07, 6.45) is 7.55. The van der Waals surface area contributed by atoms with E-state index in [2.05, 4.69) is 22.1 Å². The first-order valence-corrected chi connectivity index (χ1v) is 9.04. The summed E-state index contributed by atoms with van der Waals surface area (Å²) in [7, 11) is 0. The molecule has 1 aliphatic rings. The molecule has 3 aromatic rings. The predicted octanol–water partition coefficient (Wildman–Crippen LogP) is 4.19. The zero-order valence-electron chi connectivity index (χ0n) is 14.8. The van der Waals surface area contributed by atoms with E-state index in [1.54, 1.807) is 17.1 Å². The third-order valence-electron chi connectivity index (χ3n) is 4.95. The number of carbonyl (C=O) groups excluding carboxylic acids is 1. The van der Waals surface area contributed by atoms with E-state index in [0.717, 1.165) is 18.8 Å². The monoisotopic (exact) mass is 365 g/mol. The second-order valence-corrected chi connectivity index (χ2v) is 6.75. The molecule has 1 aliphatic heterocycles. The number of carbonyl (C=O) groups is 1. The third kappa shape index (κ3) is 3.43. The van der Waals surface area contributed by atoms with Crippen molar-refractivity contribution >= 4 is 12.0 Å². The van der Waals surface area contributed by atoms with E-state index in [1.807, 2.05) is 12.1 Å². The van der Waals surface area contributed by atoms with Gasteiger partial charge >= 0.3 is 0 Å². The molecule has 27 heavy (non-hydrogen) atoms. The number of aldehydes is 1. The SMILES string of the molecule is O=Cc1cc(-c2cnn(-c3cccc(N4CCCCC4)c3)c2)cc(F)c1O. The van der Waals surface area contributed by atoms with Crippen molar-refractivity contribution in [3.63, 3.8) is 0 Å². The summed E-state index contributed by atoms with van der Waals surface area (Å²) in [4.78, 5) is 13.4. The van der Waals surface area contributed by atoms with Gasteiger partial charge in [-0.2, -0.15) is 5.10 Å². The molecule has 1 saturated heterocycles. The number of nitrogens with zero attached hydrogens (tertiary/aromatic N) is 3. The molecule has 0 radical (unpaired) electrons. The van der Waals surface area contributed by atoms with E-state index < -0.39 is 11.6 Å². The first-order chi connectivity index (χ1) is 13.2. The summed E-state index contributed by atoms with van der Waals surface area (Å²) in [6, 6.07) is 10.8. The van der Waals surface area contributed by atoms with Gasteiger partial charge in [-0.05, 0) is 55.2 Å². The normalized spacial score (nSPS) is 14.3. The molecule has 4 rings (SSSR count). The number of phenols is 1. The van der Waals surface area contributed by atoms with Crippen LogP contribution in [0.25, 0.3) is 16.8 Å². The molecular formula is C21H20FN3O2. The highest BCUT2D eigenvalue weighted by atomic mass is 19.1. The van der Waals surface area contributed by atoms with Crippen LogP contribution in [-0.4, -0.2) is 34.3 Å². The second-order valence-electron chi connectivity index (χ2n) is 6.75. The maximum absolute atomic E-state index is 13.9. The maximum Gasteiger partial charge on any atom is 0.166 e. The van der Waals surface area contributed by atoms with E-state index in [1.165, 1.54) is 37.1 Å². The first kappa shape index (κ1) is 17.3. The average molecular weight is 365 g/mol. The molecular weight excluding hydrogens is 345 g/mol. The number of anilines is 1. The van der Waals surface area contributed by atoms with Crippen LogP contribution < -0.4 is 4.90 Å². The van der Waals surface area contributed by atoms with Crippen molar-refractivity contribution in [2.24, 2.45) is 0 Å². The van der Waals surface area contributed by atoms with E-state index in [0.29, 0.717) is 17.4 Å². The van der Waals surface area contributed by atoms with E-state index in [-0.39, 0.29) is 5.56 Å². The van der Waals surface area contributed by atoms with Crippen molar-refractivity contribution in [1.82, 2.24) is 9.78 Å². The zero-order valence-corrected chi connectivity index (χ0v) is 14.8. The molecule has 0 atom stereocenters. The lowest BCUT2D eigenvalue weighted by atomic mass is 10.1. The van der Waals surface area contributed by atoms with E-state index in [9.17, 15) is 14.3 Å². The molecule has 0 amide bonds. The molecule has 0 spiro atoms. The van der Waals surface area contributed by atoms with Gasteiger partial charge in [0.15, 0.2) is 17.9 Å². The number of hydrogen-bond acceptors (Lipinski definition) is 4. The highest BCUT2D eigenvalue weighted by Crippen LogP contribution is 2.29. The van der Waals surface area contributed by atoms with Gasteiger partial charge in [0.05, 0.1) is 17.4 Å². The number of aromatic nitrogens is 2. The number of hydrogen-bond donors (Lipinski definition) is 1. The molecule has 0 unspecified atom stereocenters. The van der Waals surface area contributed by atoms with Gasteiger partial charge in [0.25, 0.3) is 0 Å². The van der Waals surface area contributed by atoms with Gasteiger partial charge in [0, 0.05) is 30.5 Å². The Morgan fingerprint density at radius 3 is 2.59 bits per heavy atom. The lowest BCUT2D eigenvalue weighted by Crippen LogP contribution is -2.29. The zero-order chi connectivity index (χ0) is 18.8. The second kappa shape index (κ2) is 7.23. The van der Waals surface area contributed by atoms with Gasteiger partial charge in [-0.15, -0.1) is 0 Å². The Labute approximate surface area is 156 Å². The van der Waals surface area contributed by atoms with Crippen molar-refractivity contribution in [3.8, 4) is 22.6 Å². The number of piperidine rings is 1. The Bertz CT molecular complexity index is 977. The quantitative estimate of drug-likeness (QED) is 0.705. The minimum absolute atomic E-state index is 0.0788. The van der Waals surface area contributed by atoms with Crippen LogP contribution in [0.1, 0.15) is 29.6 Å². The summed E-state index contributed by atoms with van der Waals surface area (Å²) >= 11 is 0. The Morgan fingerprint density at radius 1 is 1.04 bits per heavy atom. The number of phenolic OH excluding ortho intramolecular Hbond substituents is 1. The summed E-state index contributed by atoms with van der Waals surface area (Å²) in [5, 5.41) is 14.0. The predicted molar refractivity (Wildman–Crippen MR) is 102 cm³/mol. The van der Waals surface area contributed by atoms with Crippen LogP contribution in [0.15, 0.2) is 48.8 Å². The molecule has 6 heteroatoms. The lowest BCUT2D eigenvalue weighted by molar-refractivity contribution is 0.112. The van der Waals surface area contributed by atoms with Gasteiger partial charge in [-0.3, -0.25) is 4.79 Å². The summed E-state index contributed by atoms with van der Waals surface area (Å²) in [6.45, 7) is 2.13. The molecule has 1 fully saturated rings. The Morgan fingerprint density at radius 2 is 1.81 bits per heavy atom. The third-order valence-corrected chi connectivity index (χ3v) is 4.95. The molecule has 138 valence electrons. The fourth-order valence-corrected chi connectivity index (χ4v) is 3.47. The molecule has 0 bridgehead atoms. The standard InChI is InChI=1S/C21H20FN3O2/c22-20-10-15(9-16(14-26)21(20)27)17-12-23-25(13-17)19-6-4-5-18(11-19)24-7-2-1-3-8-24/h4-6,9-14,27H,1-3,7-8H2. The first-order valence-electron chi connectivity index (χ1n) is 9.04. The van der Waals surface area contributed by atoms with Crippen LogP contribution in [0, 0.1) is 5.82 Å². The molecule has 2 aromatic carbocycles. The van der Waals surface area contributed by atoms with E-state index >= 15 is 0 Å². The molecule has 1 N–H and O–H groups in total. The number of benzene rings is 2. The molecule has 1 aromatic heterocycles. The minimum atomic E-state index is -0.825. The van der Waals surface area contributed by atoms with Crippen molar-refractivity contribution < 1.29 is 14.3 Å². The highest BCUT2D eigenvalue weighted by Gasteiger charge is 2.14. The van der Waals surface area contributed by atoms with Crippen LogP contribution in [0.5, 0.6) is 5.75 Å². The highest BCUT2D eigenvalue weighted by molar-refractivity contribution is 5.82. The Kier molecular flexibility index (Phi) is 4.62. The van der Waals surface area contributed by atoms with E-state index in [4.69, 9.17) is 0 Å². The molecule has 0 saturated carbocycles. The van der Waals surface area contributed by atoms with Crippen molar-refractivity contribution in [2.45, 2.75) is 19.3 Å². The largest absolute Gasteiger partial charge is 0.504 e. The van der Waals surface area contributed by atoms with Gasteiger partial charge in [0.2, 0.25) is 0 Å². The summed E-state index contributed by atoms with van der Waals surface area (Å²) < 4.78 is 15.6. The molecule has 0 aliphatic carbocycles. The molecule has 2 heterocycles. The number of rotatable bonds is 4. The number of aromatic hydroxyl groups is 1. The Hall–Kier alpha value is -3.15. The maximum atomic E-state index is 13.9. The fraction of sp³-hybridized carbons (Fsp3) is 0.238. The molecule has 5 nitrogen and oxygen atoms in total. The van der Waals surface area contributed by atoms with Crippen LogP contribution in [0.4, 0.5) is 10.1 Å². The summed E-state index contributed by atoms with van der Waals surface area (Å²) in [5.74, 6) is -1.45. The summed E-state index contributed by atoms with van der Waals surface area (Å²) in [5.41, 5.74) is 3.17. The van der Waals surface area contributed by atoms with Crippen LogP contribution in [0.3, 0.4) is 0 Å². The van der Waals surface area contributed by atoms with Crippen molar-refractivity contribution in [2.75, 3.05) is 18.0 Å². The fourth-order valence-electron chi connectivity index (χ4n) is 3.47. The number of halogens is 1. The van der Waals surface area contributed by atoms with Crippen LogP contribution >= 0.6 is 0 Å². The van der Waals surface area contributed by atoms with Crippen LogP contribution in [-0.2, 0) is 0 Å². The Balaban J connectivity index is 1.65. The van der Waals surface area contributed by atoms with Crippen molar-refractivity contribution in [3.05, 3.63) is 60.2 Å². The van der Waals surface area contributed by atoms with Crippen molar-refractivity contribution in [1.29, 1.82) is 0 Å². The smallest absolute Gasteiger partial charge is 0.166 e. The average Bonchev–Trinajstić information content (AvgIpc) is 3.21. The van der Waals surface area contributed by atoms with Gasteiger partial charge in [-0.1, -0.05) is 6.07 Å². The topological polar surface area (TPSA) is 58.4 Å². The van der Waals surface area contributed by atoms with Gasteiger partial charge in [0.1, 0.15) is 0 Å². The van der Waals surface area contributed by atoms with Gasteiger partial charge in [-0.25, -0.2) is 9.07 Å². The van der Waals surface area contributed by atoms with Gasteiger partial charge < -0.3 is 10.0 Å². The minimum Gasteiger partial charge on any atom is -0.504 e.